The van der Waals surface area contributed by atoms with Crippen LogP contribution in [-0.4, -0.2) is 64.1 Å². The first-order chi connectivity index (χ1) is 12.9. The first kappa shape index (κ1) is 20.5. The normalized spacial score (nSPS) is 36.9. The standard InChI is InChI=1S/C21H38O5/c1-6-12-23-18-8-2-4-10-20(18)25-16-14-22-15-17-26-21-11-5-3-9-19(21)24-13-7-1/h18-21H,1-17H2. The number of hydrogen-bond acceptors (Lipinski definition) is 5. The van der Waals surface area contributed by atoms with Crippen LogP contribution >= 0.6 is 0 Å². The van der Waals surface area contributed by atoms with Gasteiger partial charge in [-0.3, -0.25) is 0 Å². The van der Waals surface area contributed by atoms with Crippen LogP contribution < -0.4 is 0 Å². The average molecular weight is 371 g/mol. The molecule has 1 heterocycles. The SMILES string of the molecule is C1CCOC2CCCCC2OCCOCCOC2CCCCC2OCC1. The van der Waals surface area contributed by atoms with Crippen molar-refractivity contribution in [3.8, 4) is 0 Å². The lowest BCUT2D eigenvalue weighted by Gasteiger charge is -2.32. The van der Waals surface area contributed by atoms with Crippen LogP contribution in [-0.2, 0) is 23.7 Å². The summed E-state index contributed by atoms with van der Waals surface area (Å²) in [5, 5.41) is 0. The van der Waals surface area contributed by atoms with Gasteiger partial charge >= 0.3 is 0 Å². The molecule has 4 atom stereocenters. The molecular formula is C21H38O5. The van der Waals surface area contributed by atoms with E-state index >= 15 is 0 Å². The van der Waals surface area contributed by atoms with Crippen molar-refractivity contribution in [3.05, 3.63) is 0 Å². The lowest BCUT2D eigenvalue weighted by Crippen LogP contribution is -2.36. The van der Waals surface area contributed by atoms with Gasteiger partial charge in [0, 0.05) is 13.2 Å². The zero-order valence-electron chi connectivity index (χ0n) is 16.4. The topological polar surface area (TPSA) is 46.2 Å². The monoisotopic (exact) mass is 370 g/mol. The molecule has 3 rings (SSSR count). The van der Waals surface area contributed by atoms with E-state index in [0.717, 1.165) is 51.7 Å². The molecule has 5 nitrogen and oxygen atoms in total. The van der Waals surface area contributed by atoms with Gasteiger partial charge in [-0.2, -0.15) is 0 Å². The van der Waals surface area contributed by atoms with E-state index in [1.807, 2.05) is 0 Å². The van der Waals surface area contributed by atoms with E-state index in [1.165, 1.54) is 32.1 Å². The molecule has 26 heavy (non-hydrogen) atoms. The van der Waals surface area contributed by atoms with E-state index in [2.05, 4.69) is 0 Å². The minimum absolute atomic E-state index is 0.244. The second kappa shape index (κ2) is 12.3. The van der Waals surface area contributed by atoms with E-state index in [1.54, 1.807) is 0 Å². The third-order valence-electron chi connectivity index (χ3n) is 5.86. The molecule has 152 valence electrons. The smallest absolute Gasteiger partial charge is 0.0837 e. The van der Waals surface area contributed by atoms with Gasteiger partial charge in [-0.25, -0.2) is 0 Å². The number of ether oxygens (including phenoxy) is 5. The highest BCUT2D eigenvalue weighted by molar-refractivity contribution is 4.78. The zero-order chi connectivity index (χ0) is 17.9. The quantitative estimate of drug-likeness (QED) is 0.648. The summed E-state index contributed by atoms with van der Waals surface area (Å²) in [6.07, 6.45) is 13.9. The molecule has 4 unspecified atom stereocenters. The molecule has 3 fully saturated rings. The van der Waals surface area contributed by atoms with E-state index in [9.17, 15) is 0 Å². The van der Waals surface area contributed by atoms with Crippen molar-refractivity contribution >= 4 is 0 Å². The average Bonchev–Trinajstić information content (AvgIpc) is 2.68. The summed E-state index contributed by atoms with van der Waals surface area (Å²) in [6.45, 7) is 4.26. The lowest BCUT2D eigenvalue weighted by atomic mass is 9.94. The third kappa shape index (κ3) is 7.08. The maximum absolute atomic E-state index is 6.15. The molecule has 0 radical (unpaired) electrons. The molecule has 1 aliphatic heterocycles. The Morgan fingerprint density at radius 2 is 0.731 bits per heavy atom. The molecule has 0 aromatic heterocycles. The summed E-state index contributed by atoms with van der Waals surface area (Å²) in [5.74, 6) is 0. The van der Waals surface area contributed by atoms with Crippen LogP contribution in [0.2, 0.25) is 0 Å². The number of fused-ring (bicyclic) bond motifs is 2. The molecule has 0 N–H and O–H groups in total. The first-order valence-electron chi connectivity index (χ1n) is 11.0. The maximum Gasteiger partial charge on any atom is 0.0837 e. The Kier molecular flexibility index (Phi) is 9.71. The number of rotatable bonds is 0. The minimum atomic E-state index is 0.244. The Balaban J connectivity index is 1.44. The summed E-state index contributed by atoms with van der Waals surface area (Å²) < 4.78 is 30.1. The Hall–Kier alpha value is -0.200. The third-order valence-corrected chi connectivity index (χ3v) is 5.86. The minimum Gasteiger partial charge on any atom is -0.377 e. The molecule has 0 aromatic carbocycles. The van der Waals surface area contributed by atoms with Crippen LogP contribution in [0.1, 0.15) is 70.6 Å². The molecule has 2 saturated carbocycles. The molecular weight excluding hydrogens is 332 g/mol. The van der Waals surface area contributed by atoms with Gasteiger partial charge in [-0.05, 0) is 44.9 Å². The summed E-state index contributed by atoms with van der Waals surface area (Å²) in [5.41, 5.74) is 0. The predicted octanol–water partition coefficient (Wildman–Crippen LogP) is 3.88. The van der Waals surface area contributed by atoms with Gasteiger partial charge in [0.2, 0.25) is 0 Å². The second-order valence-electron chi connectivity index (χ2n) is 7.88. The van der Waals surface area contributed by atoms with E-state index in [4.69, 9.17) is 23.7 Å². The van der Waals surface area contributed by atoms with Gasteiger partial charge in [-0.15, -0.1) is 0 Å². The van der Waals surface area contributed by atoms with Crippen molar-refractivity contribution in [3.63, 3.8) is 0 Å². The van der Waals surface area contributed by atoms with Crippen molar-refractivity contribution in [1.82, 2.24) is 0 Å². The van der Waals surface area contributed by atoms with Crippen molar-refractivity contribution < 1.29 is 23.7 Å². The van der Waals surface area contributed by atoms with Crippen LogP contribution in [0, 0.1) is 0 Å². The van der Waals surface area contributed by atoms with Crippen molar-refractivity contribution in [2.75, 3.05) is 39.6 Å². The fourth-order valence-electron chi connectivity index (χ4n) is 4.36. The van der Waals surface area contributed by atoms with Gasteiger partial charge in [0.15, 0.2) is 0 Å². The van der Waals surface area contributed by atoms with Crippen LogP contribution in [0.4, 0.5) is 0 Å². The Morgan fingerprint density at radius 1 is 0.346 bits per heavy atom. The largest absolute Gasteiger partial charge is 0.377 e. The van der Waals surface area contributed by atoms with Gasteiger partial charge in [0.05, 0.1) is 50.8 Å². The summed E-state index contributed by atoms with van der Waals surface area (Å²) >= 11 is 0. The number of hydrogen-bond donors (Lipinski definition) is 0. The van der Waals surface area contributed by atoms with E-state index in [-0.39, 0.29) is 24.4 Å². The fraction of sp³-hybridized carbons (Fsp3) is 1.00. The van der Waals surface area contributed by atoms with Crippen molar-refractivity contribution in [1.29, 1.82) is 0 Å². The van der Waals surface area contributed by atoms with Crippen molar-refractivity contribution in [2.24, 2.45) is 0 Å². The van der Waals surface area contributed by atoms with E-state index < -0.39 is 0 Å². The zero-order valence-corrected chi connectivity index (χ0v) is 16.4. The van der Waals surface area contributed by atoms with Gasteiger partial charge in [0.1, 0.15) is 0 Å². The van der Waals surface area contributed by atoms with Gasteiger partial charge in [0.25, 0.3) is 0 Å². The second-order valence-corrected chi connectivity index (χ2v) is 7.88. The molecule has 2 aliphatic carbocycles. The highest BCUT2D eigenvalue weighted by Gasteiger charge is 2.27. The molecule has 0 amide bonds. The predicted molar refractivity (Wildman–Crippen MR) is 101 cm³/mol. The maximum atomic E-state index is 6.15. The molecule has 0 aromatic rings. The Bertz CT molecular complexity index is 298. The molecule has 0 bridgehead atoms. The molecule has 5 heteroatoms. The fourth-order valence-corrected chi connectivity index (χ4v) is 4.36. The summed E-state index contributed by atoms with van der Waals surface area (Å²) in [6, 6.07) is 0. The molecule has 1 saturated heterocycles. The van der Waals surface area contributed by atoms with Crippen LogP contribution in [0.25, 0.3) is 0 Å². The first-order valence-corrected chi connectivity index (χ1v) is 11.0. The van der Waals surface area contributed by atoms with Crippen LogP contribution in [0.3, 0.4) is 0 Å². The van der Waals surface area contributed by atoms with Crippen LogP contribution in [0.5, 0.6) is 0 Å². The highest BCUT2D eigenvalue weighted by atomic mass is 16.6. The molecule has 0 spiro atoms. The Morgan fingerprint density at radius 3 is 1.15 bits per heavy atom. The van der Waals surface area contributed by atoms with Crippen LogP contribution in [0.15, 0.2) is 0 Å². The van der Waals surface area contributed by atoms with E-state index in [0.29, 0.717) is 26.4 Å². The van der Waals surface area contributed by atoms with Crippen molar-refractivity contribution in [2.45, 2.75) is 95.0 Å². The summed E-state index contributed by atoms with van der Waals surface area (Å²) in [7, 11) is 0. The van der Waals surface area contributed by atoms with Gasteiger partial charge < -0.3 is 23.7 Å². The Labute approximate surface area is 159 Å². The van der Waals surface area contributed by atoms with Gasteiger partial charge in [-0.1, -0.05) is 25.7 Å². The highest BCUT2D eigenvalue weighted by Crippen LogP contribution is 2.25. The summed E-state index contributed by atoms with van der Waals surface area (Å²) in [4.78, 5) is 0. The lowest BCUT2D eigenvalue weighted by molar-refractivity contribution is -0.116. The molecule has 3 aliphatic rings.